The van der Waals surface area contributed by atoms with Crippen LogP contribution in [0.4, 0.5) is 0 Å². The lowest BCUT2D eigenvalue weighted by Crippen LogP contribution is -2.27. The summed E-state index contributed by atoms with van der Waals surface area (Å²) in [5.41, 5.74) is 7.34. The van der Waals surface area contributed by atoms with Gasteiger partial charge in [0.05, 0.1) is 0 Å². The summed E-state index contributed by atoms with van der Waals surface area (Å²) in [6.45, 7) is 14.7. The van der Waals surface area contributed by atoms with Crippen LogP contribution in [-0.4, -0.2) is 30.3 Å². The molecule has 0 aliphatic carbocycles. The third-order valence-electron chi connectivity index (χ3n) is 4.79. The van der Waals surface area contributed by atoms with Crippen molar-refractivity contribution in [3.63, 3.8) is 0 Å². The summed E-state index contributed by atoms with van der Waals surface area (Å²) in [5, 5.41) is 0.639. The average Bonchev–Trinajstić information content (AvgIpc) is 2.91. The Balaban J connectivity index is 0.000000260. The van der Waals surface area contributed by atoms with Crippen molar-refractivity contribution in [1.82, 2.24) is 4.90 Å². The Bertz CT molecular complexity index is 714. The van der Waals surface area contributed by atoms with Crippen LogP contribution in [0.1, 0.15) is 44.7 Å². The molecular weight excluding hydrogens is 334 g/mol. The first-order valence-electron chi connectivity index (χ1n) is 9.55. The molecule has 1 aromatic rings. The van der Waals surface area contributed by atoms with E-state index >= 15 is 0 Å². The summed E-state index contributed by atoms with van der Waals surface area (Å²) in [4.78, 5) is 3.92. The molecule has 1 saturated heterocycles. The fourth-order valence-corrected chi connectivity index (χ4v) is 4.63. The van der Waals surface area contributed by atoms with Crippen molar-refractivity contribution in [2.45, 2.75) is 50.7 Å². The van der Waals surface area contributed by atoms with Crippen molar-refractivity contribution in [2.24, 2.45) is 0 Å². The van der Waals surface area contributed by atoms with Crippen molar-refractivity contribution < 1.29 is 0 Å². The lowest BCUT2D eigenvalue weighted by Gasteiger charge is -2.26. The second-order valence-electron chi connectivity index (χ2n) is 7.31. The molecule has 2 heterocycles. The summed E-state index contributed by atoms with van der Waals surface area (Å²) in [7, 11) is 2.23. The van der Waals surface area contributed by atoms with Crippen LogP contribution in [0.5, 0.6) is 0 Å². The number of allylic oxidation sites excluding steroid dienone is 5. The van der Waals surface area contributed by atoms with Crippen LogP contribution in [0.2, 0.25) is 0 Å². The van der Waals surface area contributed by atoms with Crippen molar-refractivity contribution in [2.75, 3.05) is 20.1 Å². The number of piperidine rings is 1. The highest BCUT2D eigenvalue weighted by molar-refractivity contribution is 8.00. The van der Waals surface area contributed by atoms with Gasteiger partial charge in [0.2, 0.25) is 0 Å². The maximum absolute atomic E-state index is 3.71. The number of likely N-dealkylation sites (tertiary alicyclic amines) is 1. The minimum absolute atomic E-state index is 0.639. The molecule has 2 aliphatic rings. The Labute approximate surface area is 164 Å². The molecule has 140 valence electrons. The molecule has 3 rings (SSSR count). The highest BCUT2D eigenvalue weighted by Gasteiger charge is 2.28. The van der Waals surface area contributed by atoms with E-state index in [9.17, 15) is 0 Å². The molecule has 0 bridgehead atoms. The predicted molar refractivity (Wildman–Crippen MR) is 119 cm³/mol. The molecule has 0 aromatic heterocycles. The molecule has 0 N–H and O–H groups in total. The van der Waals surface area contributed by atoms with E-state index in [0.717, 1.165) is 5.57 Å². The van der Waals surface area contributed by atoms with E-state index < -0.39 is 0 Å². The molecule has 2 heteroatoms. The third-order valence-corrected chi connectivity index (χ3v) is 5.99. The van der Waals surface area contributed by atoms with Crippen LogP contribution in [0.15, 0.2) is 65.1 Å². The summed E-state index contributed by atoms with van der Waals surface area (Å²) in [6, 6.07) is 6.92. The highest BCUT2D eigenvalue weighted by Crippen LogP contribution is 2.47. The van der Waals surface area contributed by atoms with Crippen molar-refractivity contribution in [1.29, 1.82) is 0 Å². The van der Waals surface area contributed by atoms with Crippen molar-refractivity contribution in [3.8, 4) is 0 Å². The molecule has 26 heavy (non-hydrogen) atoms. The minimum Gasteiger partial charge on any atom is -0.306 e. The van der Waals surface area contributed by atoms with E-state index in [1.807, 2.05) is 49.9 Å². The molecule has 2 aliphatic heterocycles. The molecule has 0 spiro atoms. The van der Waals surface area contributed by atoms with Gasteiger partial charge in [-0.3, -0.25) is 0 Å². The van der Waals surface area contributed by atoms with Gasteiger partial charge in [-0.25, -0.2) is 0 Å². The minimum atomic E-state index is 0.639. The first-order valence-corrected chi connectivity index (χ1v) is 10.4. The van der Waals surface area contributed by atoms with Crippen LogP contribution < -0.4 is 0 Å². The highest BCUT2D eigenvalue weighted by atomic mass is 32.2. The largest absolute Gasteiger partial charge is 0.306 e. The van der Waals surface area contributed by atoms with Gasteiger partial charge in [0, 0.05) is 23.2 Å². The number of thioether (sulfide) groups is 1. The topological polar surface area (TPSA) is 3.24 Å². The van der Waals surface area contributed by atoms with Gasteiger partial charge in [-0.1, -0.05) is 59.7 Å². The van der Waals surface area contributed by atoms with Crippen molar-refractivity contribution >= 4 is 17.3 Å². The number of aryl methyl sites for hydroxylation is 1. The van der Waals surface area contributed by atoms with Crippen LogP contribution in [0, 0.1) is 6.92 Å². The van der Waals surface area contributed by atoms with Crippen LogP contribution in [0.3, 0.4) is 0 Å². The van der Waals surface area contributed by atoms with E-state index in [1.54, 1.807) is 11.1 Å². The first-order chi connectivity index (χ1) is 12.4. The Morgan fingerprint density at radius 3 is 2.54 bits per heavy atom. The van der Waals surface area contributed by atoms with E-state index in [-0.39, 0.29) is 0 Å². The quantitative estimate of drug-likeness (QED) is 0.537. The van der Waals surface area contributed by atoms with Crippen LogP contribution >= 0.6 is 11.8 Å². The van der Waals surface area contributed by atoms with E-state index in [0.29, 0.717) is 5.25 Å². The maximum Gasteiger partial charge on any atom is 0.0322 e. The lowest BCUT2D eigenvalue weighted by atomic mass is 9.91. The first kappa shape index (κ1) is 20.8. The van der Waals surface area contributed by atoms with E-state index in [1.165, 1.54) is 42.0 Å². The fraction of sp³-hybridized carbons (Fsp3) is 0.417. The third kappa shape index (κ3) is 5.75. The predicted octanol–water partition coefficient (Wildman–Crippen LogP) is 6.66. The number of benzene rings is 1. The van der Waals surface area contributed by atoms with Gasteiger partial charge in [0.25, 0.3) is 0 Å². The van der Waals surface area contributed by atoms with Gasteiger partial charge in [0.15, 0.2) is 0 Å². The van der Waals surface area contributed by atoms with Gasteiger partial charge >= 0.3 is 0 Å². The molecular formula is C24H33NS. The molecule has 1 fully saturated rings. The molecule has 0 saturated carbocycles. The number of rotatable bonds is 2. The zero-order valence-corrected chi connectivity index (χ0v) is 17.8. The molecule has 1 aromatic carbocycles. The Morgan fingerprint density at radius 2 is 1.92 bits per heavy atom. The monoisotopic (exact) mass is 367 g/mol. The van der Waals surface area contributed by atoms with Gasteiger partial charge in [-0.2, -0.15) is 0 Å². The molecule has 1 nitrogen and oxygen atoms in total. The second kappa shape index (κ2) is 9.99. The van der Waals surface area contributed by atoms with Gasteiger partial charge < -0.3 is 4.90 Å². The molecule has 1 atom stereocenters. The normalized spacial score (nSPS) is 20.4. The van der Waals surface area contributed by atoms with Gasteiger partial charge in [0.1, 0.15) is 0 Å². The maximum atomic E-state index is 3.71. The van der Waals surface area contributed by atoms with E-state index in [4.69, 9.17) is 0 Å². The number of fused-ring (bicyclic) bond motifs is 1. The zero-order chi connectivity index (χ0) is 19.1. The van der Waals surface area contributed by atoms with Gasteiger partial charge in [-0.05, 0) is 64.8 Å². The Kier molecular flexibility index (Phi) is 7.99. The Hall–Kier alpha value is -1.51. The van der Waals surface area contributed by atoms with E-state index in [2.05, 4.69) is 50.6 Å². The summed E-state index contributed by atoms with van der Waals surface area (Å²) in [6.07, 6.45) is 10.4. The van der Waals surface area contributed by atoms with Gasteiger partial charge in [-0.15, -0.1) is 11.8 Å². The standard InChI is InChI=1S/C16H21NS.C8H12/c1-11-4-5-15-14(10-11)16(12(2)18-15)13-6-8-17(3)9-7-13;1-4-5-6-7-8(2)3/h4-5,10,12H,6-9H2,1-3H3;4-7H,2H2,1,3H3/b;5-4-,7-6-. The molecule has 1 unspecified atom stereocenters. The number of hydrogen-bond acceptors (Lipinski definition) is 2. The smallest absolute Gasteiger partial charge is 0.0322 e. The summed E-state index contributed by atoms with van der Waals surface area (Å²) >= 11 is 2.03. The SMILES string of the molecule is C=C(C)/C=C\C=C/C.Cc1ccc2c(c1)C(=C1CCN(C)CC1)C(C)S2. The van der Waals surface area contributed by atoms with Crippen LogP contribution in [-0.2, 0) is 0 Å². The second-order valence-corrected chi connectivity index (χ2v) is 8.69. The zero-order valence-electron chi connectivity index (χ0n) is 17.0. The Morgan fingerprint density at radius 1 is 1.23 bits per heavy atom. The van der Waals surface area contributed by atoms with Crippen molar-refractivity contribution in [3.05, 3.63) is 71.4 Å². The number of nitrogens with zero attached hydrogens (tertiary/aromatic N) is 1. The lowest BCUT2D eigenvalue weighted by molar-refractivity contribution is 0.313. The fourth-order valence-electron chi connectivity index (χ4n) is 3.39. The average molecular weight is 368 g/mol. The molecule has 0 radical (unpaired) electrons. The summed E-state index contributed by atoms with van der Waals surface area (Å²) in [5.74, 6) is 0. The van der Waals surface area contributed by atoms with Crippen LogP contribution in [0.25, 0.3) is 5.57 Å². The summed E-state index contributed by atoms with van der Waals surface area (Å²) < 4.78 is 0. The number of hydrogen-bond donors (Lipinski definition) is 0. The molecule has 0 amide bonds.